The topological polar surface area (TPSA) is 135 Å². The largest absolute Gasteiger partial charge is 0.388 e. The molecule has 0 spiro atoms. The Labute approximate surface area is 264 Å². The highest BCUT2D eigenvalue weighted by atomic mass is 35.5. The fraction of sp³-hybridized carbons (Fsp3) is 0.241. The van der Waals surface area contributed by atoms with Gasteiger partial charge in [-0.2, -0.15) is 23.5 Å². The number of benzene rings is 2. The number of amidine groups is 1. The second-order valence-electron chi connectivity index (χ2n) is 10.1. The number of halogens is 4. The van der Waals surface area contributed by atoms with Crippen LogP contribution in [-0.4, -0.2) is 63.1 Å². The number of thiazole rings is 1. The second-order valence-corrected chi connectivity index (χ2v) is 13.5. The van der Waals surface area contributed by atoms with Crippen LogP contribution in [0.5, 0.6) is 0 Å². The van der Waals surface area contributed by atoms with Crippen molar-refractivity contribution in [1.29, 1.82) is 0 Å². The van der Waals surface area contributed by atoms with Gasteiger partial charge in [0.25, 0.3) is 0 Å². The molecular formula is C29H23ClF3N5O5S2. The predicted molar refractivity (Wildman–Crippen MR) is 158 cm³/mol. The summed E-state index contributed by atoms with van der Waals surface area (Å²) in [6.45, 7) is -2.91. The quantitative estimate of drug-likeness (QED) is 0.270. The number of nitrogens with zero attached hydrogens (tertiary/aromatic N) is 5. The van der Waals surface area contributed by atoms with E-state index in [0.29, 0.717) is 32.4 Å². The minimum atomic E-state index is -3.70. The van der Waals surface area contributed by atoms with Crippen LogP contribution in [0, 0.1) is 5.82 Å². The lowest BCUT2D eigenvalue weighted by molar-refractivity contribution is -0.191. The molecule has 1 N–H and O–H groups in total. The molecule has 0 radical (unpaired) electrons. The summed E-state index contributed by atoms with van der Waals surface area (Å²) in [4.78, 5) is 27.5. The lowest BCUT2D eigenvalue weighted by Crippen LogP contribution is -2.38. The standard InChI is InChI=1S/C28H23ClF3N5O3S2.CO2/c29-20-14-17(30)6-7-19(20)24-23(21-8-11-37(35-21)27(31)32)22-15-28(38,9-13-42(39,40)18-4-2-1-3-5-18)16-36(22)25(34-24)26-33-10-12-41-26;2-1-3/h1-8,10-12,14,24,27,38H,9,13,15-16H2;/t24-,28-;/m0./s1. The van der Waals surface area contributed by atoms with E-state index in [9.17, 15) is 26.7 Å². The van der Waals surface area contributed by atoms with Crippen LogP contribution in [0.25, 0.3) is 5.57 Å². The summed E-state index contributed by atoms with van der Waals surface area (Å²) in [6, 6.07) is 12.3. The van der Waals surface area contributed by atoms with Gasteiger partial charge >= 0.3 is 12.7 Å². The molecule has 234 valence electrons. The number of carbonyl (C=O) groups excluding carboxylic acids is 2. The van der Waals surface area contributed by atoms with Gasteiger partial charge in [-0.1, -0.05) is 35.9 Å². The lowest BCUT2D eigenvalue weighted by atomic mass is 9.90. The van der Waals surface area contributed by atoms with Crippen molar-refractivity contribution < 1.29 is 36.3 Å². The number of fused-ring (bicyclic) bond motifs is 1. The van der Waals surface area contributed by atoms with Gasteiger partial charge in [0.15, 0.2) is 20.7 Å². The average Bonchev–Trinajstić information content (AvgIpc) is 3.77. The normalized spacial score (nSPS) is 19.6. The smallest absolute Gasteiger partial charge is 0.373 e. The van der Waals surface area contributed by atoms with Crippen molar-refractivity contribution in [3.8, 4) is 0 Å². The zero-order chi connectivity index (χ0) is 32.4. The summed E-state index contributed by atoms with van der Waals surface area (Å²) in [6.07, 6.45) is 2.86. The van der Waals surface area contributed by atoms with E-state index in [0.717, 1.165) is 12.3 Å². The first-order chi connectivity index (χ1) is 21.5. The minimum absolute atomic E-state index is 0.0199. The summed E-state index contributed by atoms with van der Waals surface area (Å²) in [5.41, 5.74) is -0.0377. The molecule has 10 nitrogen and oxygen atoms in total. The summed E-state index contributed by atoms with van der Waals surface area (Å²) in [5.74, 6) is -0.485. The molecule has 0 unspecified atom stereocenters. The van der Waals surface area contributed by atoms with Gasteiger partial charge in [-0.15, -0.1) is 11.3 Å². The molecule has 2 atom stereocenters. The van der Waals surface area contributed by atoms with Crippen LogP contribution in [-0.2, 0) is 19.4 Å². The third kappa shape index (κ3) is 6.77. The van der Waals surface area contributed by atoms with Crippen molar-refractivity contribution in [2.45, 2.75) is 35.9 Å². The summed E-state index contributed by atoms with van der Waals surface area (Å²) in [7, 11) is -3.70. The molecule has 1 fully saturated rings. The number of rotatable bonds is 8. The summed E-state index contributed by atoms with van der Waals surface area (Å²) in [5, 5.41) is 18.3. The number of hydrogen-bond acceptors (Lipinski definition) is 10. The first kappa shape index (κ1) is 32.3. The SMILES string of the molecule is O=C=O.O=S(=O)(CC[C@]1(O)CC2=C(c3ccn(C(F)F)n3)[C@H](c3ccc(F)cc3Cl)N=C(c3nccs3)N2C1)c1ccccc1. The van der Waals surface area contributed by atoms with Crippen molar-refractivity contribution >= 4 is 50.3 Å². The van der Waals surface area contributed by atoms with Crippen molar-refractivity contribution in [2.75, 3.05) is 12.3 Å². The summed E-state index contributed by atoms with van der Waals surface area (Å²) < 4.78 is 67.7. The molecule has 45 heavy (non-hydrogen) atoms. The Morgan fingerprint density at radius 2 is 1.89 bits per heavy atom. The fourth-order valence-corrected chi connectivity index (χ4v) is 7.65. The van der Waals surface area contributed by atoms with E-state index in [4.69, 9.17) is 26.2 Å². The summed E-state index contributed by atoms with van der Waals surface area (Å²) >= 11 is 7.79. The molecule has 4 heterocycles. The van der Waals surface area contributed by atoms with Crippen molar-refractivity contribution in [1.82, 2.24) is 19.7 Å². The molecule has 16 heteroatoms. The van der Waals surface area contributed by atoms with Crippen LogP contribution in [0.3, 0.4) is 0 Å². The van der Waals surface area contributed by atoms with Crippen LogP contribution in [0.2, 0.25) is 5.02 Å². The fourth-order valence-electron chi connectivity index (χ4n) is 5.28. The Hall–Kier alpha value is -4.14. The Morgan fingerprint density at radius 1 is 1.16 bits per heavy atom. The Balaban J connectivity index is 0.00000128. The molecular weight excluding hydrogens is 655 g/mol. The van der Waals surface area contributed by atoms with Crippen LogP contribution in [0.15, 0.2) is 88.0 Å². The molecule has 2 aliphatic heterocycles. The highest BCUT2D eigenvalue weighted by molar-refractivity contribution is 7.91. The molecule has 2 aliphatic rings. The maximum Gasteiger partial charge on any atom is 0.373 e. The Morgan fingerprint density at radius 3 is 2.51 bits per heavy atom. The van der Waals surface area contributed by atoms with Crippen molar-refractivity contribution in [3.63, 3.8) is 0 Å². The Kier molecular flexibility index (Phi) is 9.37. The number of hydrogen-bond donors (Lipinski definition) is 1. The highest BCUT2D eigenvalue weighted by Gasteiger charge is 2.47. The molecule has 0 saturated carbocycles. The molecule has 4 aromatic rings. The van der Waals surface area contributed by atoms with Crippen LogP contribution in [0.4, 0.5) is 13.2 Å². The number of sulfone groups is 1. The Bertz CT molecular complexity index is 1900. The highest BCUT2D eigenvalue weighted by Crippen LogP contribution is 2.48. The van der Waals surface area contributed by atoms with E-state index in [1.165, 1.54) is 41.7 Å². The van der Waals surface area contributed by atoms with Gasteiger partial charge in [0.1, 0.15) is 11.9 Å². The van der Waals surface area contributed by atoms with Crippen molar-refractivity contribution in [3.05, 3.63) is 105 Å². The molecule has 2 aromatic carbocycles. The number of aliphatic hydroxyl groups is 1. The van der Waals surface area contributed by atoms with E-state index in [1.54, 1.807) is 34.7 Å². The average molecular weight is 678 g/mol. The van der Waals surface area contributed by atoms with E-state index in [-0.39, 0.29) is 46.9 Å². The number of aliphatic imine (C=N–C) groups is 1. The molecule has 6 rings (SSSR count). The number of aromatic nitrogens is 3. The molecule has 0 bridgehead atoms. The van der Waals surface area contributed by atoms with E-state index in [1.807, 2.05) is 0 Å². The van der Waals surface area contributed by atoms with Crippen LogP contribution < -0.4 is 0 Å². The lowest BCUT2D eigenvalue weighted by Gasteiger charge is -2.32. The predicted octanol–water partition coefficient (Wildman–Crippen LogP) is 5.16. The zero-order valence-corrected chi connectivity index (χ0v) is 25.4. The molecule has 0 amide bonds. The second kappa shape index (κ2) is 13.1. The van der Waals surface area contributed by atoms with Crippen LogP contribution in [0.1, 0.15) is 41.7 Å². The molecule has 0 aliphatic carbocycles. The van der Waals surface area contributed by atoms with Gasteiger partial charge in [-0.25, -0.2) is 22.5 Å². The monoisotopic (exact) mass is 677 g/mol. The van der Waals surface area contributed by atoms with Gasteiger partial charge in [0.05, 0.1) is 28.5 Å². The van der Waals surface area contributed by atoms with E-state index in [2.05, 4.69) is 10.1 Å². The van der Waals surface area contributed by atoms with Gasteiger partial charge in [0.2, 0.25) is 0 Å². The first-order valence-corrected chi connectivity index (χ1v) is 16.1. The van der Waals surface area contributed by atoms with Crippen LogP contribution >= 0.6 is 22.9 Å². The first-order valence-electron chi connectivity index (χ1n) is 13.2. The van der Waals surface area contributed by atoms with Gasteiger partial charge in [-0.05, 0) is 36.8 Å². The minimum Gasteiger partial charge on any atom is -0.388 e. The third-order valence-corrected chi connectivity index (χ3v) is 10.1. The van der Waals surface area contributed by atoms with E-state index >= 15 is 0 Å². The third-order valence-electron chi connectivity index (χ3n) is 7.27. The maximum atomic E-state index is 14.0. The van der Waals surface area contributed by atoms with Gasteiger partial charge in [0, 0.05) is 46.1 Å². The van der Waals surface area contributed by atoms with E-state index < -0.39 is 33.8 Å². The van der Waals surface area contributed by atoms with Crippen molar-refractivity contribution in [2.24, 2.45) is 4.99 Å². The molecule has 1 saturated heterocycles. The number of alkyl halides is 2. The molecule has 2 aromatic heterocycles. The van der Waals surface area contributed by atoms with Gasteiger partial charge in [-0.3, -0.25) is 4.99 Å². The zero-order valence-electron chi connectivity index (χ0n) is 23.1. The van der Waals surface area contributed by atoms with Gasteiger partial charge < -0.3 is 10.0 Å². The maximum absolute atomic E-state index is 14.0.